The lowest BCUT2D eigenvalue weighted by Gasteiger charge is -2.32. The predicted molar refractivity (Wildman–Crippen MR) is 140 cm³/mol. The van der Waals surface area contributed by atoms with Crippen LogP contribution < -0.4 is 19.7 Å². The van der Waals surface area contributed by atoms with E-state index in [1.807, 2.05) is 19.1 Å². The molecule has 0 saturated carbocycles. The fraction of sp³-hybridized carbons (Fsp3) is 0.250. The van der Waals surface area contributed by atoms with E-state index >= 15 is 0 Å². The number of ether oxygens (including phenoxy) is 2. The van der Waals surface area contributed by atoms with Crippen molar-refractivity contribution in [2.45, 2.75) is 18.5 Å². The lowest BCUT2D eigenvalue weighted by Crippen LogP contribution is -2.53. The van der Waals surface area contributed by atoms with Crippen LogP contribution in [0.25, 0.3) is 0 Å². The van der Waals surface area contributed by atoms with Gasteiger partial charge in [0.25, 0.3) is 0 Å². The standard InChI is InChI=1S/C28H25BrN2O6/c1-15-9-7-8-12-19(15)31-25(32)21-22(26(31)33)28(27(34)35,17-10-5-4-6-11-17)30-23(21)16-13-18(29)24(37-3)20(14-16)36-2/h4-14,21-23,30H,1-3H3,(H,34,35). The minimum atomic E-state index is -1.83. The number of nitrogens with zero attached hydrogens (tertiary/aromatic N) is 1. The second kappa shape index (κ2) is 9.32. The molecule has 2 aliphatic heterocycles. The molecule has 3 aromatic carbocycles. The van der Waals surface area contributed by atoms with E-state index in [0.29, 0.717) is 32.8 Å². The average Bonchev–Trinajstić information content (AvgIpc) is 3.39. The summed E-state index contributed by atoms with van der Waals surface area (Å²) in [5.74, 6) is -3.53. The number of hydrogen-bond acceptors (Lipinski definition) is 6. The second-order valence-corrected chi connectivity index (χ2v) is 10.00. The molecule has 2 aliphatic rings. The molecule has 2 heterocycles. The van der Waals surface area contributed by atoms with Gasteiger partial charge in [0.1, 0.15) is 0 Å². The van der Waals surface area contributed by atoms with Gasteiger partial charge in [0.15, 0.2) is 17.0 Å². The monoisotopic (exact) mass is 564 g/mol. The van der Waals surface area contributed by atoms with Crippen LogP contribution in [0.15, 0.2) is 71.2 Å². The van der Waals surface area contributed by atoms with Gasteiger partial charge in [0, 0.05) is 6.04 Å². The van der Waals surface area contributed by atoms with Crippen molar-refractivity contribution in [2.24, 2.45) is 11.8 Å². The summed E-state index contributed by atoms with van der Waals surface area (Å²) in [6.07, 6.45) is 0. The number of benzene rings is 3. The number of carbonyl (C=O) groups is 3. The Morgan fingerprint density at radius 3 is 2.30 bits per heavy atom. The summed E-state index contributed by atoms with van der Waals surface area (Å²) >= 11 is 3.49. The Morgan fingerprint density at radius 2 is 1.68 bits per heavy atom. The number of nitrogens with one attached hydrogen (secondary N) is 1. The maximum Gasteiger partial charge on any atom is 0.329 e. The van der Waals surface area contributed by atoms with Crippen LogP contribution in [0.1, 0.15) is 22.7 Å². The highest BCUT2D eigenvalue weighted by molar-refractivity contribution is 9.10. The zero-order chi connectivity index (χ0) is 26.5. The zero-order valence-electron chi connectivity index (χ0n) is 20.4. The van der Waals surface area contributed by atoms with E-state index < -0.39 is 41.2 Å². The molecule has 2 saturated heterocycles. The molecule has 0 radical (unpaired) electrons. The fourth-order valence-corrected chi connectivity index (χ4v) is 6.27. The summed E-state index contributed by atoms with van der Waals surface area (Å²) in [7, 11) is 3.00. The van der Waals surface area contributed by atoms with Crippen LogP contribution in [-0.4, -0.2) is 37.1 Å². The molecule has 190 valence electrons. The number of carbonyl (C=O) groups excluding carboxylic acids is 2. The highest BCUT2D eigenvalue weighted by Gasteiger charge is 2.69. The number of amides is 2. The van der Waals surface area contributed by atoms with Crippen LogP contribution in [0.3, 0.4) is 0 Å². The Balaban J connectivity index is 1.75. The van der Waals surface area contributed by atoms with Crippen molar-refractivity contribution in [3.63, 3.8) is 0 Å². The number of aliphatic carboxylic acids is 1. The van der Waals surface area contributed by atoms with E-state index in [4.69, 9.17) is 9.47 Å². The van der Waals surface area contributed by atoms with Crippen LogP contribution in [0.5, 0.6) is 11.5 Å². The molecule has 37 heavy (non-hydrogen) atoms. The smallest absolute Gasteiger partial charge is 0.329 e. The maximum absolute atomic E-state index is 14.1. The zero-order valence-corrected chi connectivity index (χ0v) is 22.0. The maximum atomic E-state index is 14.1. The van der Waals surface area contributed by atoms with E-state index in [0.717, 1.165) is 10.5 Å². The Kier molecular flexibility index (Phi) is 6.29. The van der Waals surface area contributed by atoms with Gasteiger partial charge in [-0.05, 0) is 57.7 Å². The van der Waals surface area contributed by atoms with Crippen molar-refractivity contribution in [2.75, 3.05) is 19.1 Å². The molecule has 2 amide bonds. The Labute approximate surface area is 222 Å². The van der Waals surface area contributed by atoms with Crippen LogP contribution >= 0.6 is 15.9 Å². The largest absolute Gasteiger partial charge is 0.493 e. The number of fused-ring (bicyclic) bond motifs is 1. The minimum absolute atomic E-state index is 0.396. The van der Waals surface area contributed by atoms with Crippen LogP contribution in [0.4, 0.5) is 5.69 Å². The van der Waals surface area contributed by atoms with Gasteiger partial charge in [-0.1, -0.05) is 48.5 Å². The van der Waals surface area contributed by atoms with Gasteiger partial charge in [0.05, 0.1) is 36.2 Å². The van der Waals surface area contributed by atoms with E-state index in [1.165, 1.54) is 14.2 Å². The van der Waals surface area contributed by atoms with E-state index in [2.05, 4.69) is 21.2 Å². The van der Waals surface area contributed by atoms with Crippen LogP contribution in [0.2, 0.25) is 0 Å². The molecule has 4 atom stereocenters. The van der Waals surface area contributed by atoms with Crippen molar-refractivity contribution in [3.05, 3.63) is 87.9 Å². The number of halogens is 1. The number of carboxylic acids is 1. The summed E-state index contributed by atoms with van der Waals surface area (Å²) in [6, 6.07) is 18.3. The number of carboxylic acid groups (broad SMARTS) is 1. The number of rotatable bonds is 6. The molecule has 4 unspecified atom stereocenters. The summed E-state index contributed by atoms with van der Waals surface area (Å²) in [4.78, 5) is 42.3. The first-order valence-corrected chi connectivity index (χ1v) is 12.5. The van der Waals surface area contributed by atoms with Gasteiger partial charge >= 0.3 is 5.97 Å². The fourth-order valence-electron chi connectivity index (χ4n) is 5.65. The summed E-state index contributed by atoms with van der Waals surface area (Å²) in [5, 5.41) is 13.9. The van der Waals surface area contributed by atoms with Crippen molar-refractivity contribution in [3.8, 4) is 11.5 Å². The van der Waals surface area contributed by atoms with Crippen LogP contribution in [0, 0.1) is 18.8 Å². The van der Waals surface area contributed by atoms with Crippen molar-refractivity contribution in [1.82, 2.24) is 5.32 Å². The van der Waals surface area contributed by atoms with Gasteiger partial charge in [0.2, 0.25) is 11.8 Å². The highest BCUT2D eigenvalue weighted by atomic mass is 79.9. The molecule has 2 fully saturated rings. The molecule has 0 spiro atoms. The Morgan fingerprint density at radius 1 is 1.00 bits per heavy atom. The van der Waals surface area contributed by atoms with E-state index in [-0.39, 0.29) is 0 Å². The van der Waals surface area contributed by atoms with Crippen molar-refractivity contribution >= 4 is 39.4 Å². The predicted octanol–water partition coefficient (Wildman–Crippen LogP) is 4.20. The Bertz CT molecular complexity index is 1410. The van der Waals surface area contributed by atoms with Gasteiger partial charge in [-0.25, -0.2) is 9.69 Å². The molecule has 8 nitrogen and oxygen atoms in total. The third-order valence-corrected chi connectivity index (χ3v) is 7.89. The molecule has 3 aromatic rings. The number of methoxy groups -OCH3 is 2. The van der Waals surface area contributed by atoms with E-state index in [9.17, 15) is 19.5 Å². The molecular formula is C28H25BrN2O6. The first-order valence-electron chi connectivity index (χ1n) is 11.7. The molecule has 0 bridgehead atoms. The third kappa shape index (κ3) is 3.64. The number of anilines is 1. The molecular weight excluding hydrogens is 540 g/mol. The first-order chi connectivity index (χ1) is 17.8. The third-order valence-electron chi connectivity index (χ3n) is 7.30. The second-order valence-electron chi connectivity index (χ2n) is 9.14. The van der Waals surface area contributed by atoms with Crippen LogP contribution in [-0.2, 0) is 19.9 Å². The molecule has 5 rings (SSSR count). The highest BCUT2D eigenvalue weighted by Crippen LogP contribution is 2.55. The SMILES string of the molecule is COc1cc(C2NC(C(=O)O)(c3ccccc3)C3C(=O)N(c4ccccc4C)C(=O)C23)cc(Br)c1OC. The number of aryl methyl sites for hydroxylation is 1. The Hall–Kier alpha value is -3.69. The lowest BCUT2D eigenvalue weighted by molar-refractivity contribution is -0.149. The van der Waals surface area contributed by atoms with Gasteiger partial charge < -0.3 is 14.6 Å². The quantitative estimate of drug-likeness (QED) is 0.432. The number of para-hydroxylation sites is 1. The minimum Gasteiger partial charge on any atom is -0.493 e. The molecule has 2 N–H and O–H groups in total. The number of imide groups is 1. The first kappa shape index (κ1) is 25.0. The summed E-state index contributed by atoms with van der Waals surface area (Å²) in [6.45, 7) is 1.81. The van der Waals surface area contributed by atoms with E-state index in [1.54, 1.807) is 54.6 Å². The average molecular weight is 565 g/mol. The number of hydrogen-bond donors (Lipinski definition) is 2. The normalized spacial score (nSPS) is 24.8. The van der Waals surface area contributed by atoms with Gasteiger partial charge in [-0.3, -0.25) is 14.9 Å². The molecule has 9 heteroatoms. The summed E-state index contributed by atoms with van der Waals surface area (Å²) in [5.41, 5.74) is 0.341. The van der Waals surface area contributed by atoms with Gasteiger partial charge in [-0.2, -0.15) is 0 Å². The van der Waals surface area contributed by atoms with Gasteiger partial charge in [-0.15, -0.1) is 0 Å². The summed E-state index contributed by atoms with van der Waals surface area (Å²) < 4.78 is 11.5. The van der Waals surface area contributed by atoms with Crippen molar-refractivity contribution in [1.29, 1.82) is 0 Å². The molecule has 0 aromatic heterocycles. The van der Waals surface area contributed by atoms with Crippen molar-refractivity contribution < 1.29 is 29.0 Å². The topological polar surface area (TPSA) is 105 Å². The lowest BCUT2D eigenvalue weighted by atomic mass is 9.75. The molecule has 0 aliphatic carbocycles.